The van der Waals surface area contributed by atoms with Gasteiger partial charge >= 0.3 is 0 Å². The normalized spacial score (nSPS) is 12.0. The number of hydrogen-bond acceptors (Lipinski definition) is 2. The standard InChI is InChI=1S/C58H34N2/c1-2-15-44-42(14-1)43-21-7-11-36-28-29-37-12-8-22-47(54(37)53(36)43)48-23-9-20-41(55(44)48)35-24-26-38(27-25-35)52-45-16-3-5-18-49(45)56(50-19-6-4-17-46(50)52)51-33-32-40-31-30-39-13-10-34-59-57(39)58(40)60-51/h1-34H. The molecular weight excluding hydrogens is 725 g/mol. The molecule has 0 spiro atoms. The maximum Gasteiger partial charge on any atom is 0.0972 e. The highest BCUT2D eigenvalue weighted by molar-refractivity contribution is 6.34. The van der Waals surface area contributed by atoms with E-state index < -0.39 is 0 Å². The van der Waals surface area contributed by atoms with Gasteiger partial charge in [-0.2, -0.15) is 0 Å². The third-order valence-electron chi connectivity index (χ3n) is 12.8. The summed E-state index contributed by atoms with van der Waals surface area (Å²) in [5.74, 6) is 0. The SMILES string of the molecule is c1cnc2c(c1)ccc1ccc(-c3c4ccccc4c(-c4ccc(-c5cccc6c7cccc8ccc9cccc(c%10ccccc%10c56)c9c87)cc4)c4ccccc34)nc12. The molecule has 13 rings (SSSR count). The van der Waals surface area contributed by atoms with Gasteiger partial charge in [-0.1, -0.05) is 188 Å². The quantitative estimate of drug-likeness (QED) is 0.132. The number of aromatic nitrogens is 2. The molecule has 0 radical (unpaired) electrons. The highest BCUT2D eigenvalue weighted by atomic mass is 14.8. The summed E-state index contributed by atoms with van der Waals surface area (Å²) in [7, 11) is 0. The number of hydrogen-bond donors (Lipinski definition) is 0. The first-order valence-corrected chi connectivity index (χ1v) is 20.7. The van der Waals surface area contributed by atoms with E-state index in [0.29, 0.717) is 0 Å². The summed E-state index contributed by atoms with van der Waals surface area (Å²) in [5.41, 5.74) is 8.78. The lowest BCUT2D eigenvalue weighted by Gasteiger charge is -2.18. The van der Waals surface area contributed by atoms with Crippen molar-refractivity contribution in [3.8, 4) is 33.5 Å². The van der Waals surface area contributed by atoms with E-state index in [-0.39, 0.29) is 0 Å². The van der Waals surface area contributed by atoms with E-state index in [1.165, 1.54) is 97.7 Å². The van der Waals surface area contributed by atoms with Crippen molar-refractivity contribution >= 4 is 97.2 Å². The van der Waals surface area contributed by atoms with Gasteiger partial charge in [-0.15, -0.1) is 0 Å². The Hall–Kier alpha value is -7.94. The summed E-state index contributed by atoms with van der Waals surface area (Å²) in [6.07, 6.45) is 1.86. The van der Waals surface area contributed by atoms with Gasteiger partial charge in [0.25, 0.3) is 0 Å². The van der Waals surface area contributed by atoms with Crippen molar-refractivity contribution in [2.24, 2.45) is 0 Å². The van der Waals surface area contributed by atoms with Crippen molar-refractivity contribution < 1.29 is 0 Å². The molecule has 0 saturated heterocycles. The molecule has 13 aromatic rings. The second-order valence-corrected chi connectivity index (χ2v) is 16.0. The number of rotatable bonds is 3. The fourth-order valence-electron chi connectivity index (χ4n) is 10.2. The molecule has 0 amide bonds. The molecule has 11 aromatic carbocycles. The van der Waals surface area contributed by atoms with Gasteiger partial charge in [0.1, 0.15) is 0 Å². The van der Waals surface area contributed by atoms with Gasteiger partial charge in [0.15, 0.2) is 0 Å². The summed E-state index contributed by atoms with van der Waals surface area (Å²) >= 11 is 0. The van der Waals surface area contributed by atoms with Crippen LogP contribution >= 0.6 is 0 Å². The van der Waals surface area contributed by atoms with E-state index in [1.807, 2.05) is 12.3 Å². The monoisotopic (exact) mass is 758 g/mol. The second-order valence-electron chi connectivity index (χ2n) is 16.0. The first-order valence-electron chi connectivity index (χ1n) is 20.7. The molecular formula is C58H34N2. The van der Waals surface area contributed by atoms with E-state index in [0.717, 1.165) is 33.1 Å². The maximum absolute atomic E-state index is 5.36. The van der Waals surface area contributed by atoms with E-state index >= 15 is 0 Å². The third kappa shape index (κ3) is 4.76. The first kappa shape index (κ1) is 33.1. The predicted octanol–water partition coefficient (Wildman–Crippen LogP) is 15.9. The summed E-state index contributed by atoms with van der Waals surface area (Å²) < 4.78 is 0. The highest BCUT2D eigenvalue weighted by Gasteiger charge is 2.19. The molecule has 2 nitrogen and oxygen atoms in total. The average molecular weight is 759 g/mol. The number of pyridine rings is 2. The lowest BCUT2D eigenvalue weighted by atomic mass is 9.86. The van der Waals surface area contributed by atoms with Crippen LogP contribution in [0.3, 0.4) is 0 Å². The Morgan fingerprint density at radius 3 is 1.38 bits per heavy atom. The summed E-state index contributed by atoms with van der Waals surface area (Å²) in [6, 6.07) is 73.5. The van der Waals surface area contributed by atoms with E-state index in [1.54, 1.807) is 0 Å². The van der Waals surface area contributed by atoms with Gasteiger partial charge in [0.2, 0.25) is 0 Å². The molecule has 0 aliphatic rings. The van der Waals surface area contributed by atoms with E-state index in [4.69, 9.17) is 9.97 Å². The molecule has 0 unspecified atom stereocenters. The largest absolute Gasteiger partial charge is 0.254 e. The zero-order valence-electron chi connectivity index (χ0n) is 32.5. The van der Waals surface area contributed by atoms with Crippen molar-refractivity contribution in [3.63, 3.8) is 0 Å². The minimum absolute atomic E-state index is 0.924. The van der Waals surface area contributed by atoms with Crippen molar-refractivity contribution in [3.05, 3.63) is 206 Å². The number of benzene rings is 10. The Morgan fingerprint density at radius 1 is 0.267 bits per heavy atom. The van der Waals surface area contributed by atoms with Gasteiger partial charge in [-0.05, 0) is 110 Å². The van der Waals surface area contributed by atoms with Gasteiger partial charge in [0.05, 0.1) is 16.7 Å². The van der Waals surface area contributed by atoms with Crippen LogP contribution in [0.25, 0.3) is 131 Å². The van der Waals surface area contributed by atoms with Crippen molar-refractivity contribution in [2.75, 3.05) is 0 Å². The van der Waals surface area contributed by atoms with Crippen molar-refractivity contribution in [1.82, 2.24) is 9.97 Å². The highest BCUT2D eigenvalue weighted by Crippen LogP contribution is 2.46. The Balaban J connectivity index is 1.05. The Morgan fingerprint density at radius 2 is 0.717 bits per heavy atom. The van der Waals surface area contributed by atoms with Crippen LogP contribution in [-0.4, -0.2) is 9.97 Å². The molecule has 0 bridgehead atoms. The van der Waals surface area contributed by atoms with Crippen LogP contribution in [0.2, 0.25) is 0 Å². The summed E-state index contributed by atoms with van der Waals surface area (Å²) in [4.78, 5) is 10.1. The predicted molar refractivity (Wildman–Crippen MR) is 256 cm³/mol. The van der Waals surface area contributed by atoms with Crippen LogP contribution in [0.4, 0.5) is 0 Å². The zero-order chi connectivity index (χ0) is 39.3. The Bertz CT molecular complexity index is 3880. The fraction of sp³-hybridized carbons (Fsp3) is 0. The van der Waals surface area contributed by atoms with Crippen molar-refractivity contribution in [2.45, 2.75) is 0 Å². The van der Waals surface area contributed by atoms with Gasteiger partial charge in [0, 0.05) is 22.5 Å². The Kier molecular flexibility index (Phi) is 7.05. The van der Waals surface area contributed by atoms with Crippen LogP contribution in [0.5, 0.6) is 0 Å². The molecule has 60 heavy (non-hydrogen) atoms. The zero-order valence-corrected chi connectivity index (χ0v) is 32.5. The van der Waals surface area contributed by atoms with Crippen LogP contribution < -0.4 is 0 Å². The third-order valence-corrected chi connectivity index (χ3v) is 12.8. The summed E-state index contributed by atoms with van der Waals surface area (Å²) in [5, 5.41) is 19.7. The van der Waals surface area contributed by atoms with Gasteiger partial charge < -0.3 is 0 Å². The van der Waals surface area contributed by atoms with Crippen LogP contribution in [0.15, 0.2) is 206 Å². The van der Waals surface area contributed by atoms with Gasteiger partial charge in [-0.3, -0.25) is 4.98 Å². The van der Waals surface area contributed by atoms with Crippen LogP contribution in [0.1, 0.15) is 0 Å². The number of fused-ring (bicyclic) bond motifs is 10. The molecule has 276 valence electrons. The minimum Gasteiger partial charge on any atom is -0.254 e. The topological polar surface area (TPSA) is 25.8 Å². The molecule has 0 N–H and O–H groups in total. The average Bonchev–Trinajstić information content (AvgIpc) is 3.32. The summed E-state index contributed by atoms with van der Waals surface area (Å²) in [6.45, 7) is 0. The molecule has 0 atom stereocenters. The minimum atomic E-state index is 0.924. The first-order chi connectivity index (χ1) is 29.8. The molecule has 2 heterocycles. The molecule has 2 aromatic heterocycles. The lowest BCUT2D eigenvalue weighted by Crippen LogP contribution is -1.93. The second kappa shape index (κ2) is 12.8. The Labute approximate surface area is 345 Å². The molecule has 0 aliphatic heterocycles. The molecule has 0 fully saturated rings. The van der Waals surface area contributed by atoms with E-state index in [9.17, 15) is 0 Å². The van der Waals surface area contributed by atoms with Crippen molar-refractivity contribution in [1.29, 1.82) is 0 Å². The number of nitrogens with zero attached hydrogens (tertiary/aromatic N) is 2. The lowest BCUT2D eigenvalue weighted by molar-refractivity contribution is 1.38. The smallest absolute Gasteiger partial charge is 0.0972 e. The fourth-order valence-corrected chi connectivity index (χ4v) is 10.2. The molecule has 0 saturated carbocycles. The van der Waals surface area contributed by atoms with E-state index in [2.05, 4.69) is 194 Å². The maximum atomic E-state index is 5.36. The van der Waals surface area contributed by atoms with Crippen LogP contribution in [0, 0.1) is 0 Å². The van der Waals surface area contributed by atoms with Crippen LogP contribution in [-0.2, 0) is 0 Å². The molecule has 2 heteroatoms. The molecule has 0 aliphatic carbocycles. The van der Waals surface area contributed by atoms with Gasteiger partial charge in [-0.25, -0.2) is 4.98 Å².